The summed E-state index contributed by atoms with van der Waals surface area (Å²) in [6, 6.07) is 16.8. The Morgan fingerprint density at radius 3 is 2.58 bits per heavy atom. The lowest BCUT2D eigenvalue weighted by Crippen LogP contribution is -2.14. The van der Waals surface area contributed by atoms with Crippen molar-refractivity contribution < 1.29 is 18.9 Å². The van der Waals surface area contributed by atoms with E-state index in [1.54, 1.807) is 42.5 Å². The number of benzene rings is 3. The molecular weight excluding hydrogens is 469 g/mol. The highest BCUT2D eigenvalue weighted by atomic mass is 35.5. The Morgan fingerprint density at radius 2 is 1.82 bits per heavy atom. The first-order valence-electron chi connectivity index (χ1n) is 9.49. The first-order chi connectivity index (χ1) is 15.8. The van der Waals surface area contributed by atoms with Crippen molar-refractivity contribution in [2.45, 2.75) is 0 Å². The monoisotopic (exact) mass is 481 g/mol. The van der Waals surface area contributed by atoms with Gasteiger partial charge in [-0.3, -0.25) is 14.9 Å². The SMILES string of the molecule is O=C(/C=C/c1cccc([N+](=O)[O-])c1)Oc1c(-c2ccc(Cl)cc2Cl)oc2ccccc2c1=O. The lowest BCUT2D eigenvalue weighted by atomic mass is 10.1. The summed E-state index contributed by atoms with van der Waals surface area (Å²) >= 11 is 12.3. The van der Waals surface area contributed by atoms with Gasteiger partial charge in [0.1, 0.15) is 5.58 Å². The zero-order chi connectivity index (χ0) is 23.5. The number of hydrogen-bond acceptors (Lipinski definition) is 6. The molecule has 0 fully saturated rings. The molecule has 0 saturated heterocycles. The summed E-state index contributed by atoms with van der Waals surface area (Å²) in [5, 5.41) is 11.7. The van der Waals surface area contributed by atoms with Crippen LogP contribution in [0.15, 0.2) is 82.0 Å². The van der Waals surface area contributed by atoms with Crippen molar-refractivity contribution >= 4 is 51.9 Å². The number of fused-ring (bicyclic) bond motifs is 1. The van der Waals surface area contributed by atoms with Crippen LogP contribution in [0.1, 0.15) is 5.56 Å². The van der Waals surface area contributed by atoms with Crippen LogP contribution in [0.25, 0.3) is 28.4 Å². The van der Waals surface area contributed by atoms with Crippen LogP contribution in [0.5, 0.6) is 5.75 Å². The third-order valence-electron chi connectivity index (χ3n) is 4.63. The van der Waals surface area contributed by atoms with Crippen LogP contribution in [-0.2, 0) is 4.79 Å². The molecule has 0 spiro atoms. The molecule has 164 valence electrons. The molecule has 0 bridgehead atoms. The molecule has 0 aliphatic rings. The number of carbonyl (C=O) groups excluding carboxylic acids is 1. The zero-order valence-electron chi connectivity index (χ0n) is 16.7. The Hall–Kier alpha value is -3.94. The van der Waals surface area contributed by atoms with Crippen molar-refractivity contribution in [1.82, 2.24) is 0 Å². The van der Waals surface area contributed by atoms with Crippen molar-refractivity contribution in [3.05, 3.63) is 109 Å². The minimum Gasteiger partial charge on any atom is -0.452 e. The summed E-state index contributed by atoms with van der Waals surface area (Å²) in [7, 11) is 0. The van der Waals surface area contributed by atoms with Gasteiger partial charge in [-0.15, -0.1) is 0 Å². The molecule has 0 atom stereocenters. The summed E-state index contributed by atoms with van der Waals surface area (Å²) in [4.78, 5) is 36.0. The van der Waals surface area contributed by atoms with Crippen LogP contribution in [0.3, 0.4) is 0 Å². The average molecular weight is 482 g/mol. The highest BCUT2D eigenvalue weighted by Crippen LogP contribution is 2.36. The van der Waals surface area contributed by atoms with Crippen molar-refractivity contribution in [2.75, 3.05) is 0 Å². The second-order valence-electron chi connectivity index (χ2n) is 6.82. The van der Waals surface area contributed by atoms with Gasteiger partial charge in [0.2, 0.25) is 11.2 Å². The molecule has 0 aliphatic heterocycles. The Labute approximate surface area is 196 Å². The number of carbonyl (C=O) groups is 1. The van der Waals surface area contributed by atoms with Gasteiger partial charge in [0.05, 0.1) is 15.3 Å². The Morgan fingerprint density at radius 1 is 1.03 bits per heavy atom. The van der Waals surface area contributed by atoms with E-state index >= 15 is 0 Å². The normalized spacial score (nSPS) is 11.1. The molecular formula is C24H13Cl2NO6. The zero-order valence-corrected chi connectivity index (χ0v) is 18.2. The number of ether oxygens (including phenoxy) is 1. The number of nitro benzene ring substituents is 1. The summed E-state index contributed by atoms with van der Waals surface area (Å²) in [6.45, 7) is 0. The van der Waals surface area contributed by atoms with Gasteiger partial charge >= 0.3 is 5.97 Å². The highest BCUT2D eigenvalue weighted by molar-refractivity contribution is 6.36. The molecule has 0 N–H and O–H groups in total. The molecule has 3 aromatic carbocycles. The molecule has 0 amide bonds. The Kier molecular flexibility index (Phi) is 6.26. The Bertz CT molecular complexity index is 1490. The maximum absolute atomic E-state index is 13.1. The fraction of sp³-hybridized carbons (Fsp3) is 0. The van der Waals surface area contributed by atoms with Crippen molar-refractivity contribution in [2.24, 2.45) is 0 Å². The van der Waals surface area contributed by atoms with Crippen LogP contribution in [0, 0.1) is 10.1 Å². The summed E-state index contributed by atoms with van der Waals surface area (Å²) in [5.41, 5.74) is 0.327. The molecule has 33 heavy (non-hydrogen) atoms. The number of rotatable bonds is 5. The van der Waals surface area contributed by atoms with E-state index in [1.807, 2.05) is 0 Å². The van der Waals surface area contributed by atoms with Gasteiger partial charge in [-0.2, -0.15) is 0 Å². The van der Waals surface area contributed by atoms with Gasteiger partial charge < -0.3 is 9.15 Å². The Balaban J connectivity index is 1.75. The maximum Gasteiger partial charge on any atom is 0.336 e. The van der Waals surface area contributed by atoms with Crippen molar-refractivity contribution in [3.8, 4) is 17.1 Å². The van der Waals surface area contributed by atoms with Gasteiger partial charge in [0.15, 0.2) is 5.76 Å². The summed E-state index contributed by atoms with van der Waals surface area (Å²) in [5.74, 6) is -1.25. The first-order valence-corrected chi connectivity index (χ1v) is 10.2. The van der Waals surface area contributed by atoms with E-state index in [1.165, 1.54) is 30.3 Å². The van der Waals surface area contributed by atoms with Crippen molar-refractivity contribution in [3.63, 3.8) is 0 Å². The van der Waals surface area contributed by atoms with E-state index in [-0.39, 0.29) is 33.2 Å². The fourth-order valence-electron chi connectivity index (χ4n) is 3.11. The number of para-hydroxylation sites is 1. The number of nitro groups is 1. The molecule has 0 aliphatic carbocycles. The third kappa shape index (κ3) is 4.79. The van der Waals surface area contributed by atoms with E-state index in [2.05, 4.69) is 0 Å². The number of nitrogens with zero attached hydrogens (tertiary/aromatic N) is 1. The van der Waals surface area contributed by atoms with Gasteiger partial charge in [-0.05, 0) is 42.0 Å². The summed E-state index contributed by atoms with van der Waals surface area (Å²) < 4.78 is 11.2. The smallest absolute Gasteiger partial charge is 0.336 e. The molecule has 7 nitrogen and oxygen atoms in total. The number of hydrogen-bond donors (Lipinski definition) is 0. The van der Waals surface area contributed by atoms with Gasteiger partial charge in [0, 0.05) is 28.8 Å². The predicted octanol–water partition coefficient (Wildman–Crippen LogP) is 6.29. The second-order valence-corrected chi connectivity index (χ2v) is 7.66. The topological polar surface area (TPSA) is 99.7 Å². The molecule has 9 heteroatoms. The van der Waals surface area contributed by atoms with E-state index < -0.39 is 16.3 Å². The average Bonchev–Trinajstić information content (AvgIpc) is 2.80. The minimum absolute atomic E-state index is 0.0301. The van der Waals surface area contributed by atoms with Crippen LogP contribution in [0.2, 0.25) is 10.0 Å². The van der Waals surface area contributed by atoms with E-state index in [0.717, 1.165) is 6.08 Å². The number of halogens is 2. The number of non-ortho nitro benzene ring substituents is 1. The highest BCUT2D eigenvalue weighted by Gasteiger charge is 2.21. The molecule has 0 radical (unpaired) electrons. The van der Waals surface area contributed by atoms with E-state index in [9.17, 15) is 19.7 Å². The number of esters is 1. The standard InChI is InChI=1S/C24H13Cl2NO6/c25-15-9-10-17(19(26)13-15)23-24(22(29)18-6-1-2-7-20(18)32-23)33-21(28)11-8-14-4-3-5-16(12-14)27(30)31/h1-13H/b11-8+. The molecule has 4 aromatic rings. The van der Waals surface area contributed by atoms with E-state index in [4.69, 9.17) is 32.4 Å². The van der Waals surface area contributed by atoms with Crippen LogP contribution in [0.4, 0.5) is 5.69 Å². The lowest BCUT2D eigenvalue weighted by Gasteiger charge is -2.11. The fourth-order valence-corrected chi connectivity index (χ4v) is 3.60. The quantitative estimate of drug-likeness (QED) is 0.143. The lowest BCUT2D eigenvalue weighted by molar-refractivity contribution is -0.384. The van der Waals surface area contributed by atoms with Crippen LogP contribution in [-0.4, -0.2) is 10.9 Å². The molecule has 0 unspecified atom stereocenters. The molecule has 1 aromatic heterocycles. The van der Waals surface area contributed by atoms with Crippen LogP contribution >= 0.6 is 23.2 Å². The first kappa shape index (κ1) is 22.3. The van der Waals surface area contributed by atoms with Gasteiger partial charge in [-0.25, -0.2) is 4.79 Å². The predicted molar refractivity (Wildman–Crippen MR) is 126 cm³/mol. The van der Waals surface area contributed by atoms with Gasteiger partial charge in [0.25, 0.3) is 5.69 Å². The molecule has 4 rings (SSSR count). The molecule has 1 heterocycles. The maximum atomic E-state index is 13.1. The van der Waals surface area contributed by atoms with E-state index in [0.29, 0.717) is 16.1 Å². The molecule has 0 saturated carbocycles. The third-order valence-corrected chi connectivity index (χ3v) is 5.18. The largest absolute Gasteiger partial charge is 0.452 e. The minimum atomic E-state index is -0.879. The van der Waals surface area contributed by atoms with Crippen LogP contribution < -0.4 is 10.2 Å². The van der Waals surface area contributed by atoms with Gasteiger partial charge in [-0.1, -0.05) is 47.5 Å². The summed E-state index contributed by atoms with van der Waals surface area (Å²) in [6.07, 6.45) is 2.40. The van der Waals surface area contributed by atoms with Crippen molar-refractivity contribution in [1.29, 1.82) is 0 Å². The second kappa shape index (κ2) is 9.28.